The molecule has 2 aromatic heterocycles. The Labute approximate surface area is 178 Å². The van der Waals surface area contributed by atoms with Gasteiger partial charge in [0, 0.05) is 31.6 Å². The first kappa shape index (κ1) is 19.2. The predicted octanol–water partition coefficient (Wildman–Crippen LogP) is 2.52. The quantitative estimate of drug-likeness (QED) is 0.501. The molecule has 0 radical (unpaired) electrons. The van der Waals surface area contributed by atoms with Crippen molar-refractivity contribution in [2.24, 2.45) is 0 Å². The van der Waals surface area contributed by atoms with Gasteiger partial charge in [-0.1, -0.05) is 47.7 Å². The van der Waals surface area contributed by atoms with Gasteiger partial charge in [-0.25, -0.2) is 9.67 Å². The predicted molar refractivity (Wildman–Crippen MR) is 116 cm³/mol. The van der Waals surface area contributed by atoms with Crippen LogP contribution in [0.3, 0.4) is 0 Å². The average molecular weight is 414 g/mol. The van der Waals surface area contributed by atoms with Crippen molar-refractivity contribution in [3.05, 3.63) is 77.5 Å². The van der Waals surface area contributed by atoms with Crippen molar-refractivity contribution in [1.29, 1.82) is 0 Å². The highest BCUT2D eigenvalue weighted by Gasteiger charge is 2.28. The van der Waals surface area contributed by atoms with Crippen molar-refractivity contribution < 1.29 is 4.79 Å². The third-order valence-corrected chi connectivity index (χ3v) is 5.77. The van der Waals surface area contributed by atoms with Crippen molar-refractivity contribution in [3.8, 4) is 11.3 Å². The molecule has 2 aromatic carbocycles. The molecule has 0 bridgehead atoms. The fraction of sp³-hybridized carbons (Fsp3) is 0.261. The lowest BCUT2D eigenvalue weighted by Crippen LogP contribution is -2.31. The van der Waals surface area contributed by atoms with Crippen LogP contribution in [0.15, 0.2) is 71.9 Å². The summed E-state index contributed by atoms with van der Waals surface area (Å²) in [4.78, 5) is 31.5. The van der Waals surface area contributed by atoms with Gasteiger partial charge in [0.15, 0.2) is 0 Å². The number of rotatable bonds is 5. The summed E-state index contributed by atoms with van der Waals surface area (Å²) in [7, 11) is 0. The first-order chi connectivity index (χ1) is 15.2. The molecule has 0 unspecified atom stereocenters. The first-order valence-electron chi connectivity index (χ1n) is 10.4. The number of amides is 1. The Morgan fingerprint density at radius 2 is 1.87 bits per heavy atom. The summed E-state index contributed by atoms with van der Waals surface area (Å²) in [5, 5.41) is 9.12. The van der Waals surface area contributed by atoms with E-state index in [1.165, 1.54) is 10.9 Å². The summed E-state index contributed by atoms with van der Waals surface area (Å²) >= 11 is 0. The van der Waals surface area contributed by atoms with Crippen LogP contribution in [0.2, 0.25) is 0 Å². The Kier molecular flexibility index (Phi) is 5.03. The van der Waals surface area contributed by atoms with Gasteiger partial charge in [0.25, 0.3) is 5.56 Å². The van der Waals surface area contributed by atoms with E-state index in [4.69, 9.17) is 0 Å². The van der Waals surface area contributed by atoms with E-state index in [0.29, 0.717) is 30.5 Å². The van der Waals surface area contributed by atoms with Crippen molar-refractivity contribution in [2.75, 3.05) is 13.1 Å². The highest BCUT2D eigenvalue weighted by molar-refractivity contribution is 5.77. The number of hydrogen-bond acceptors (Lipinski definition) is 5. The number of hydrogen-bond donors (Lipinski definition) is 0. The van der Waals surface area contributed by atoms with E-state index in [1.807, 2.05) is 64.3 Å². The molecule has 3 heterocycles. The second kappa shape index (κ2) is 8.14. The molecule has 1 saturated heterocycles. The second-order valence-electron chi connectivity index (χ2n) is 7.74. The minimum atomic E-state index is -0.117. The van der Waals surface area contributed by atoms with E-state index in [1.54, 1.807) is 6.07 Å². The second-order valence-corrected chi connectivity index (χ2v) is 7.74. The van der Waals surface area contributed by atoms with Crippen LogP contribution in [0.25, 0.3) is 22.2 Å². The van der Waals surface area contributed by atoms with Gasteiger partial charge in [0.05, 0.1) is 29.5 Å². The first-order valence-corrected chi connectivity index (χ1v) is 10.4. The Bertz CT molecular complexity index is 1280. The normalized spacial score (nSPS) is 16.1. The maximum Gasteiger partial charge on any atom is 0.261 e. The lowest BCUT2D eigenvalue weighted by atomic mass is 10.2. The van der Waals surface area contributed by atoms with Crippen LogP contribution < -0.4 is 5.56 Å². The largest absolute Gasteiger partial charge is 0.340 e. The van der Waals surface area contributed by atoms with E-state index < -0.39 is 0 Å². The maximum atomic E-state index is 12.7. The molecule has 8 nitrogen and oxygen atoms in total. The molecule has 1 amide bonds. The van der Waals surface area contributed by atoms with Gasteiger partial charge in [-0.15, -0.1) is 5.10 Å². The third-order valence-electron chi connectivity index (χ3n) is 5.77. The lowest BCUT2D eigenvalue weighted by Gasteiger charge is -2.17. The molecule has 1 aliphatic rings. The van der Waals surface area contributed by atoms with E-state index >= 15 is 0 Å². The summed E-state index contributed by atoms with van der Waals surface area (Å²) < 4.78 is 3.37. The van der Waals surface area contributed by atoms with Gasteiger partial charge in [0.1, 0.15) is 5.69 Å². The SMILES string of the molecule is O=C(CCn1cnc2ccccc2c1=O)N1CC[C@H](n2cc(-c3ccccc3)nn2)C1. The third kappa shape index (κ3) is 3.84. The standard InChI is InChI=1S/C23H22N6O2/c30-22(11-13-28-16-24-20-9-5-4-8-19(20)23(28)31)27-12-10-18(14-27)29-15-21(25-26-29)17-6-2-1-3-7-17/h1-9,15-16,18H,10-14H2/t18-/m0/s1. The van der Waals surface area contributed by atoms with Gasteiger partial charge in [-0.3, -0.25) is 14.2 Å². The summed E-state index contributed by atoms with van der Waals surface area (Å²) in [6.45, 7) is 1.59. The van der Waals surface area contributed by atoms with Crippen molar-refractivity contribution >= 4 is 16.8 Å². The highest BCUT2D eigenvalue weighted by atomic mass is 16.2. The summed E-state index contributed by atoms with van der Waals surface area (Å²) in [6.07, 6.45) is 4.56. The molecule has 156 valence electrons. The minimum absolute atomic E-state index is 0.0333. The summed E-state index contributed by atoms with van der Waals surface area (Å²) in [6, 6.07) is 17.3. The number of carbonyl (C=O) groups is 1. The number of aryl methyl sites for hydroxylation is 1. The van der Waals surface area contributed by atoms with Gasteiger partial charge < -0.3 is 4.90 Å². The van der Waals surface area contributed by atoms with E-state index in [9.17, 15) is 9.59 Å². The zero-order valence-corrected chi connectivity index (χ0v) is 17.0. The molecule has 0 aliphatic carbocycles. The van der Waals surface area contributed by atoms with E-state index in [2.05, 4.69) is 15.3 Å². The Morgan fingerprint density at radius 3 is 2.74 bits per heavy atom. The number of likely N-dealkylation sites (tertiary alicyclic amines) is 1. The zero-order valence-electron chi connectivity index (χ0n) is 17.0. The van der Waals surface area contributed by atoms with Crippen molar-refractivity contribution in [1.82, 2.24) is 29.4 Å². The molecular formula is C23H22N6O2. The van der Waals surface area contributed by atoms with Gasteiger partial charge in [0.2, 0.25) is 5.91 Å². The number of carbonyl (C=O) groups excluding carboxylic acids is 1. The maximum absolute atomic E-state index is 12.7. The molecule has 0 N–H and O–H groups in total. The highest BCUT2D eigenvalue weighted by Crippen LogP contribution is 2.24. The molecular weight excluding hydrogens is 392 g/mol. The molecule has 5 rings (SSSR count). The number of nitrogens with zero attached hydrogens (tertiary/aromatic N) is 6. The fourth-order valence-corrected chi connectivity index (χ4v) is 4.02. The number of benzene rings is 2. The van der Waals surface area contributed by atoms with Crippen LogP contribution in [0.5, 0.6) is 0 Å². The minimum Gasteiger partial charge on any atom is -0.340 e. The molecule has 8 heteroatoms. The number of para-hydroxylation sites is 1. The van der Waals surface area contributed by atoms with Crippen LogP contribution in [0, 0.1) is 0 Å². The van der Waals surface area contributed by atoms with E-state index in [0.717, 1.165) is 17.7 Å². The number of fused-ring (bicyclic) bond motifs is 1. The fourth-order valence-electron chi connectivity index (χ4n) is 4.02. The van der Waals surface area contributed by atoms with Crippen LogP contribution in [-0.2, 0) is 11.3 Å². The number of aromatic nitrogens is 5. The molecule has 4 aromatic rings. The zero-order chi connectivity index (χ0) is 21.2. The van der Waals surface area contributed by atoms with Crippen molar-refractivity contribution in [3.63, 3.8) is 0 Å². The van der Waals surface area contributed by atoms with Crippen LogP contribution in [0.4, 0.5) is 0 Å². The molecule has 1 atom stereocenters. The lowest BCUT2D eigenvalue weighted by molar-refractivity contribution is -0.130. The Balaban J connectivity index is 1.22. The monoisotopic (exact) mass is 414 g/mol. The molecule has 0 saturated carbocycles. The Morgan fingerprint density at radius 1 is 1.06 bits per heavy atom. The van der Waals surface area contributed by atoms with Gasteiger partial charge >= 0.3 is 0 Å². The molecule has 1 fully saturated rings. The van der Waals surface area contributed by atoms with Crippen LogP contribution in [0.1, 0.15) is 18.9 Å². The summed E-state index contributed by atoms with van der Waals surface area (Å²) in [5.41, 5.74) is 2.40. The molecule has 31 heavy (non-hydrogen) atoms. The van der Waals surface area contributed by atoms with Crippen LogP contribution in [-0.4, -0.2) is 48.4 Å². The average Bonchev–Trinajstić information content (AvgIpc) is 3.49. The van der Waals surface area contributed by atoms with Gasteiger partial charge in [-0.05, 0) is 18.6 Å². The Hall–Kier alpha value is -3.81. The molecule has 1 aliphatic heterocycles. The van der Waals surface area contributed by atoms with Crippen molar-refractivity contribution in [2.45, 2.75) is 25.4 Å². The summed E-state index contributed by atoms with van der Waals surface area (Å²) in [5.74, 6) is 0.0333. The van der Waals surface area contributed by atoms with E-state index in [-0.39, 0.29) is 23.9 Å². The van der Waals surface area contributed by atoms with Gasteiger partial charge in [-0.2, -0.15) is 0 Å². The smallest absolute Gasteiger partial charge is 0.261 e. The topological polar surface area (TPSA) is 85.9 Å². The molecule has 0 spiro atoms. The van der Waals surface area contributed by atoms with Crippen LogP contribution >= 0.6 is 0 Å².